The van der Waals surface area contributed by atoms with Gasteiger partial charge < -0.3 is 4.74 Å². The number of benzene rings is 1. The van der Waals surface area contributed by atoms with Gasteiger partial charge in [0.15, 0.2) is 0 Å². The van der Waals surface area contributed by atoms with Crippen molar-refractivity contribution in [2.24, 2.45) is 0 Å². The van der Waals surface area contributed by atoms with Gasteiger partial charge in [-0.15, -0.1) is 11.8 Å². The van der Waals surface area contributed by atoms with Crippen LogP contribution in [0.3, 0.4) is 0 Å². The van der Waals surface area contributed by atoms with E-state index in [9.17, 15) is 14.9 Å². The Labute approximate surface area is 122 Å². The summed E-state index contributed by atoms with van der Waals surface area (Å²) in [5, 5.41) is 11.0. The molecule has 5 nitrogen and oxygen atoms in total. The maximum atomic E-state index is 11.4. The Hall–Kier alpha value is -1.56. The van der Waals surface area contributed by atoms with E-state index >= 15 is 0 Å². The van der Waals surface area contributed by atoms with E-state index < -0.39 is 0 Å². The SMILES string of the molecule is CC(C)OC(=O)CC[C@H](C)Sc1ccccc1[N+](=O)[O-]. The average Bonchev–Trinajstić information content (AvgIpc) is 2.36. The van der Waals surface area contributed by atoms with Crippen LogP contribution in [0.5, 0.6) is 0 Å². The van der Waals surface area contributed by atoms with Crippen LogP contribution in [0.4, 0.5) is 5.69 Å². The normalized spacial score (nSPS) is 12.2. The fourth-order valence-corrected chi connectivity index (χ4v) is 2.72. The minimum absolute atomic E-state index is 0.106. The van der Waals surface area contributed by atoms with Gasteiger partial charge in [-0.05, 0) is 26.3 Å². The van der Waals surface area contributed by atoms with Crippen LogP contribution in [-0.2, 0) is 9.53 Å². The fourth-order valence-electron chi connectivity index (χ4n) is 1.63. The molecule has 0 amide bonds. The number of hydrogen-bond acceptors (Lipinski definition) is 5. The van der Waals surface area contributed by atoms with E-state index in [0.29, 0.717) is 17.7 Å². The number of carbonyl (C=O) groups excluding carboxylic acids is 1. The molecule has 1 rings (SSSR count). The van der Waals surface area contributed by atoms with Crippen molar-refractivity contribution in [3.05, 3.63) is 34.4 Å². The summed E-state index contributed by atoms with van der Waals surface area (Å²) in [6, 6.07) is 6.63. The highest BCUT2D eigenvalue weighted by atomic mass is 32.2. The fraction of sp³-hybridized carbons (Fsp3) is 0.500. The lowest BCUT2D eigenvalue weighted by Crippen LogP contribution is -2.12. The zero-order valence-corrected chi connectivity index (χ0v) is 12.7. The highest BCUT2D eigenvalue weighted by Crippen LogP contribution is 2.33. The largest absolute Gasteiger partial charge is 0.463 e. The zero-order chi connectivity index (χ0) is 15.1. The Balaban J connectivity index is 2.52. The summed E-state index contributed by atoms with van der Waals surface area (Å²) in [7, 11) is 0. The molecule has 0 unspecified atom stereocenters. The molecule has 0 spiro atoms. The molecule has 1 aromatic rings. The third-order valence-corrected chi connectivity index (χ3v) is 3.75. The standard InChI is InChI=1S/C14H19NO4S/c1-10(2)19-14(16)9-8-11(3)20-13-7-5-4-6-12(13)15(17)18/h4-7,10-11H,8-9H2,1-3H3/t11-/m0/s1. The number of hydrogen-bond donors (Lipinski definition) is 0. The Kier molecular flexibility index (Phi) is 6.51. The van der Waals surface area contributed by atoms with Gasteiger partial charge >= 0.3 is 5.97 Å². The van der Waals surface area contributed by atoms with Gasteiger partial charge in [0, 0.05) is 17.7 Å². The minimum Gasteiger partial charge on any atom is -0.463 e. The van der Waals surface area contributed by atoms with Crippen LogP contribution in [0.15, 0.2) is 29.2 Å². The Bertz CT molecular complexity index is 476. The monoisotopic (exact) mass is 297 g/mol. The lowest BCUT2D eigenvalue weighted by molar-refractivity contribution is -0.387. The number of esters is 1. The van der Waals surface area contributed by atoms with Crippen molar-refractivity contribution < 1.29 is 14.5 Å². The number of thioether (sulfide) groups is 1. The highest BCUT2D eigenvalue weighted by Gasteiger charge is 2.16. The maximum absolute atomic E-state index is 11.4. The zero-order valence-electron chi connectivity index (χ0n) is 11.9. The molecule has 0 N–H and O–H groups in total. The molecule has 0 heterocycles. The lowest BCUT2D eigenvalue weighted by Gasteiger charge is -2.12. The smallest absolute Gasteiger partial charge is 0.306 e. The first-order valence-electron chi connectivity index (χ1n) is 6.49. The topological polar surface area (TPSA) is 69.4 Å². The van der Waals surface area contributed by atoms with Crippen molar-refractivity contribution in [2.45, 2.75) is 49.9 Å². The van der Waals surface area contributed by atoms with E-state index in [1.54, 1.807) is 18.2 Å². The van der Waals surface area contributed by atoms with Crippen LogP contribution < -0.4 is 0 Å². The van der Waals surface area contributed by atoms with Crippen LogP contribution in [0.25, 0.3) is 0 Å². The number of nitrogens with zero attached hydrogens (tertiary/aromatic N) is 1. The second-order valence-electron chi connectivity index (χ2n) is 4.73. The van der Waals surface area contributed by atoms with Crippen LogP contribution in [0.1, 0.15) is 33.6 Å². The number of ether oxygens (including phenoxy) is 1. The molecule has 1 atom stereocenters. The third kappa shape index (κ3) is 5.61. The molecule has 6 heteroatoms. The highest BCUT2D eigenvalue weighted by molar-refractivity contribution is 8.00. The Morgan fingerprint density at radius 2 is 2.00 bits per heavy atom. The molecule has 1 aromatic carbocycles. The Morgan fingerprint density at radius 1 is 1.35 bits per heavy atom. The first-order chi connectivity index (χ1) is 9.40. The summed E-state index contributed by atoms with van der Waals surface area (Å²) >= 11 is 1.41. The maximum Gasteiger partial charge on any atom is 0.306 e. The van der Waals surface area contributed by atoms with Gasteiger partial charge in [-0.25, -0.2) is 0 Å². The molecule has 0 saturated carbocycles. The molecule has 0 aliphatic rings. The van der Waals surface area contributed by atoms with Gasteiger partial charge in [-0.2, -0.15) is 0 Å². The quantitative estimate of drug-likeness (QED) is 0.331. The molecule has 0 aliphatic heterocycles. The van der Waals surface area contributed by atoms with Crippen LogP contribution in [0, 0.1) is 10.1 Å². The van der Waals surface area contributed by atoms with Crippen molar-refractivity contribution in [1.82, 2.24) is 0 Å². The van der Waals surface area contributed by atoms with Crippen molar-refractivity contribution in [3.63, 3.8) is 0 Å². The van der Waals surface area contributed by atoms with Crippen molar-refractivity contribution in [1.29, 1.82) is 0 Å². The summed E-state index contributed by atoms with van der Waals surface area (Å²) in [6.45, 7) is 5.57. The van der Waals surface area contributed by atoms with E-state index in [1.807, 2.05) is 20.8 Å². The predicted molar refractivity (Wildman–Crippen MR) is 78.9 cm³/mol. The van der Waals surface area contributed by atoms with Gasteiger partial charge in [0.05, 0.1) is 15.9 Å². The second kappa shape index (κ2) is 7.89. The van der Waals surface area contributed by atoms with Gasteiger partial charge in [0.2, 0.25) is 0 Å². The van der Waals surface area contributed by atoms with Crippen LogP contribution in [0.2, 0.25) is 0 Å². The molecular formula is C14H19NO4S. The summed E-state index contributed by atoms with van der Waals surface area (Å²) < 4.78 is 5.06. The van der Waals surface area contributed by atoms with E-state index in [1.165, 1.54) is 17.8 Å². The molecule has 20 heavy (non-hydrogen) atoms. The summed E-state index contributed by atoms with van der Waals surface area (Å²) in [4.78, 5) is 22.6. The van der Waals surface area contributed by atoms with Crippen molar-refractivity contribution >= 4 is 23.4 Å². The molecule has 0 bridgehead atoms. The second-order valence-corrected chi connectivity index (χ2v) is 6.21. The van der Waals surface area contributed by atoms with Gasteiger partial charge in [0.25, 0.3) is 5.69 Å². The minimum atomic E-state index is -0.387. The number of carbonyl (C=O) groups is 1. The van der Waals surface area contributed by atoms with E-state index in [0.717, 1.165) is 0 Å². The van der Waals surface area contributed by atoms with Crippen molar-refractivity contribution in [3.8, 4) is 0 Å². The summed E-state index contributed by atoms with van der Waals surface area (Å²) in [5.41, 5.74) is 0.106. The molecule has 0 saturated heterocycles. The van der Waals surface area contributed by atoms with Crippen LogP contribution in [-0.4, -0.2) is 22.2 Å². The first kappa shape index (κ1) is 16.5. The first-order valence-corrected chi connectivity index (χ1v) is 7.37. The molecule has 0 aliphatic carbocycles. The molecular weight excluding hydrogens is 278 g/mol. The van der Waals surface area contributed by atoms with Gasteiger partial charge in [0.1, 0.15) is 0 Å². The Morgan fingerprint density at radius 3 is 2.60 bits per heavy atom. The summed E-state index contributed by atoms with van der Waals surface area (Å²) in [5.74, 6) is -0.227. The summed E-state index contributed by atoms with van der Waals surface area (Å²) in [6.07, 6.45) is 0.843. The molecule has 0 radical (unpaired) electrons. The molecule has 0 aromatic heterocycles. The van der Waals surface area contributed by atoms with Crippen molar-refractivity contribution in [2.75, 3.05) is 0 Å². The average molecular weight is 297 g/mol. The van der Waals surface area contributed by atoms with E-state index in [-0.39, 0.29) is 27.9 Å². The third-order valence-electron chi connectivity index (χ3n) is 2.51. The van der Waals surface area contributed by atoms with E-state index in [2.05, 4.69) is 0 Å². The number of rotatable bonds is 7. The predicted octanol–water partition coefficient (Wildman–Crippen LogP) is 3.81. The van der Waals surface area contributed by atoms with E-state index in [4.69, 9.17) is 4.74 Å². The van der Waals surface area contributed by atoms with Gasteiger partial charge in [-0.1, -0.05) is 19.1 Å². The number of nitro benzene ring substituents is 1. The lowest BCUT2D eigenvalue weighted by atomic mass is 10.2. The molecule has 110 valence electrons. The van der Waals surface area contributed by atoms with Gasteiger partial charge in [-0.3, -0.25) is 14.9 Å². The molecule has 0 fully saturated rings. The number of para-hydroxylation sites is 1. The number of nitro groups is 1. The van der Waals surface area contributed by atoms with Crippen LogP contribution >= 0.6 is 11.8 Å².